The summed E-state index contributed by atoms with van der Waals surface area (Å²) in [5.41, 5.74) is 0. The van der Waals surface area contributed by atoms with Gasteiger partial charge in [-0.3, -0.25) is 4.79 Å². The molecule has 1 rings (SSSR count). The van der Waals surface area contributed by atoms with Crippen LogP contribution in [0.1, 0.15) is 77.5 Å². The summed E-state index contributed by atoms with van der Waals surface area (Å²) < 4.78 is 4.53. The number of aryl methyl sites for hydroxylation is 2. The molecule has 1 N–H and O–H groups in total. The summed E-state index contributed by atoms with van der Waals surface area (Å²) in [6.07, 6.45) is 15.6. The van der Waals surface area contributed by atoms with Gasteiger partial charge >= 0.3 is 5.97 Å². The van der Waals surface area contributed by atoms with Gasteiger partial charge in [0.15, 0.2) is 0 Å². The molecule has 22 heavy (non-hydrogen) atoms. The lowest BCUT2D eigenvalue weighted by Crippen LogP contribution is -2.37. The molecule has 0 unspecified atom stereocenters. The predicted molar refractivity (Wildman–Crippen MR) is 88.9 cm³/mol. The molecular weight excluding hydrogens is 276 g/mol. The second kappa shape index (κ2) is 11.3. The molecule has 4 heteroatoms. The third kappa shape index (κ3) is 7.10. The molecule has 0 aliphatic rings. The highest BCUT2D eigenvalue weighted by Gasteiger charge is 2.15. The Morgan fingerprint density at radius 3 is 2.41 bits per heavy atom. The van der Waals surface area contributed by atoms with Gasteiger partial charge in [0.2, 0.25) is 0 Å². The zero-order valence-corrected chi connectivity index (χ0v) is 14.4. The van der Waals surface area contributed by atoms with Crippen molar-refractivity contribution < 1.29 is 14.5 Å². The minimum atomic E-state index is -0.704. The second-order valence-electron chi connectivity index (χ2n) is 6.06. The molecule has 0 aliphatic carbocycles. The van der Waals surface area contributed by atoms with Crippen molar-refractivity contribution in [2.75, 3.05) is 0 Å². The molecule has 0 aliphatic heterocycles. The van der Waals surface area contributed by atoms with Crippen LogP contribution in [0, 0.1) is 0 Å². The van der Waals surface area contributed by atoms with E-state index in [1.54, 1.807) is 0 Å². The Labute approximate surface area is 135 Å². The minimum Gasteiger partial charge on any atom is -0.481 e. The van der Waals surface area contributed by atoms with Crippen LogP contribution in [0.25, 0.3) is 0 Å². The largest absolute Gasteiger partial charge is 0.481 e. The lowest BCUT2D eigenvalue weighted by molar-refractivity contribution is -0.704. The summed E-state index contributed by atoms with van der Waals surface area (Å²) in [5.74, 6) is 0.644. The van der Waals surface area contributed by atoms with Crippen molar-refractivity contribution in [1.82, 2.24) is 4.57 Å². The molecule has 1 aromatic heterocycles. The fourth-order valence-electron chi connectivity index (χ4n) is 2.92. The summed E-state index contributed by atoms with van der Waals surface area (Å²) in [4.78, 5) is 10.6. The maximum absolute atomic E-state index is 10.6. The van der Waals surface area contributed by atoms with Crippen LogP contribution < -0.4 is 4.57 Å². The van der Waals surface area contributed by atoms with E-state index in [-0.39, 0.29) is 6.42 Å². The van der Waals surface area contributed by atoms with E-state index in [9.17, 15) is 4.79 Å². The van der Waals surface area contributed by atoms with E-state index >= 15 is 0 Å². The number of carboxylic acid groups (broad SMARTS) is 1. The first-order valence-corrected chi connectivity index (χ1v) is 8.98. The zero-order chi connectivity index (χ0) is 16.2. The number of aromatic nitrogens is 2. The van der Waals surface area contributed by atoms with Crippen LogP contribution in [-0.2, 0) is 24.3 Å². The van der Waals surface area contributed by atoms with Crippen LogP contribution in [0.5, 0.6) is 0 Å². The first-order valence-electron chi connectivity index (χ1n) is 8.98. The van der Waals surface area contributed by atoms with E-state index in [1.807, 2.05) is 0 Å². The smallest absolute Gasteiger partial charge is 0.303 e. The average molecular weight is 309 g/mol. The SMILES string of the molecule is CCCCCCCCCc1n(CC)cc[n+]1CCCC(=O)O. The predicted octanol–water partition coefficient (Wildman–Crippen LogP) is 3.95. The van der Waals surface area contributed by atoms with Gasteiger partial charge in [0.25, 0.3) is 5.82 Å². The molecule has 0 aromatic carbocycles. The highest BCUT2D eigenvalue weighted by atomic mass is 16.4. The number of unbranched alkanes of at least 4 members (excludes halogenated alkanes) is 6. The summed E-state index contributed by atoms with van der Waals surface area (Å²) in [7, 11) is 0. The third-order valence-electron chi connectivity index (χ3n) is 4.22. The number of nitrogens with zero attached hydrogens (tertiary/aromatic N) is 2. The number of rotatable bonds is 13. The van der Waals surface area contributed by atoms with Crippen LogP contribution in [0.4, 0.5) is 0 Å². The standard InChI is InChI=1S/C18H32N2O2/c1-3-5-6-7-8-9-10-12-17-19(4-2)15-16-20(17)14-11-13-18(21)22/h15-16H,3-14H2,1-2H3/p+1. The molecule has 0 amide bonds. The summed E-state index contributed by atoms with van der Waals surface area (Å²) in [6, 6.07) is 0. The first kappa shape index (κ1) is 18.7. The van der Waals surface area contributed by atoms with Gasteiger partial charge in [-0.1, -0.05) is 45.4 Å². The Kier molecular flexibility index (Phi) is 9.60. The van der Waals surface area contributed by atoms with Gasteiger partial charge in [0, 0.05) is 12.8 Å². The van der Waals surface area contributed by atoms with Crippen LogP contribution in [-0.4, -0.2) is 15.6 Å². The fourth-order valence-corrected chi connectivity index (χ4v) is 2.92. The maximum atomic E-state index is 10.6. The average Bonchev–Trinajstić information content (AvgIpc) is 2.88. The molecule has 0 saturated heterocycles. The monoisotopic (exact) mass is 309 g/mol. The van der Waals surface area contributed by atoms with Crippen LogP contribution in [0.15, 0.2) is 12.4 Å². The molecule has 1 aromatic rings. The van der Waals surface area contributed by atoms with E-state index in [2.05, 4.69) is 35.4 Å². The molecule has 0 saturated carbocycles. The summed E-state index contributed by atoms with van der Waals surface area (Å²) in [6.45, 7) is 6.21. The topological polar surface area (TPSA) is 46.1 Å². The van der Waals surface area contributed by atoms with Crippen molar-refractivity contribution >= 4 is 5.97 Å². The molecule has 0 spiro atoms. The Morgan fingerprint density at radius 2 is 1.77 bits per heavy atom. The number of aliphatic carboxylic acids is 1. The summed E-state index contributed by atoms with van der Waals surface area (Å²) in [5, 5.41) is 8.76. The molecule has 0 fully saturated rings. The Hall–Kier alpha value is -1.32. The van der Waals surface area contributed by atoms with Gasteiger partial charge in [-0.05, 0) is 19.8 Å². The Bertz CT molecular complexity index is 427. The van der Waals surface area contributed by atoms with E-state index in [0.717, 1.165) is 19.5 Å². The fraction of sp³-hybridized carbons (Fsp3) is 0.778. The van der Waals surface area contributed by atoms with Gasteiger partial charge in [0.05, 0.1) is 13.1 Å². The van der Waals surface area contributed by atoms with Gasteiger partial charge in [-0.25, -0.2) is 9.13 Å². The van der Waals surface area contributed by atoms with E-state index in [4.69, 9.17) is 5.11 Å². The number of hydrogen-bond acceptors (Lipinski definition) is 1. The zero-order valence-electron chi connectivity index (χ0n) is 14.4. The lowest BCUT2D eigenvalue weighted by Gasteiger charge is -2.04. The first-order chi connectivity index (χ1) is 10.7. The van der Waals surface area contributed by atoms with Gasteiger partial charge in [0.1, 0.15) is 12.4 Å². The van der Waals surface area contributed by atoms with E-state index < -0.39 is 5.97 Å². The molecule has 4 nitrogen and oxygen atoms in total. The maximum Gasteiger partial charge on any atom is 0.303 e. The molecule has 126 valence electrons. The van der Waals surface area contributed by atoms with Crippen molar-refractivity contribution in [2.24, 2.45) is 0 Å². The van der Waals surface area contributed by atoms with Crippen molar-refractivity contribution in [3.05, 3.63) is 18.2 Å². The molecule has 0 atom stereocenters. The van der Waals surface area contributed by atoms with Crippen molar-refractivity contribution in [3.63, 3.8) is 0 Å². The quantitative estimate of drug-likeness (QED) is 0.443. The number of hydrogen-bond donors (Lipinski definition) is 1. The van der Waals surface area contributed by atoms with Gasteiger partial charge < -0.3 is 5.11 Å². The van der Waals surface area contributed by atoms with Crippen LogP contribution >= 0.6 is 0 Å². The van der Waals surface area contributed by atoms with E-state index in [1.165, 1.54) is 50.8 Å². The molecule has 0 bridgehead atoms. The van der Waals surface area contributed by atoms with Crippen LogP contribution in [0.2, 0.25) is 0 Å². The number of imidazole rings is 1. The Balaban J connectivity index is 2.36. The van der Waals surface area contributed by atoms with E-state index in [0.29, 0.717) is 6.42 Å². The molecule has 1 heterocycles. The summed E-state index contributed by atoms with van der Waals surface area (Å²) >= 11 is 0. The Morgan fingerprint density at radius 1 is 1.09 bits per heavy atom. The normalized spacial score (nSPS) is 11.0. The van der Waals surface area contributed by atoms with Crippen molar-refractivity contribution in [1.29, 1.82) is 0 Å². The molecule has 0 radical (unpaired) electrons. The highest BCUT2D eigenvalue weighted by molar-refractivity contribution is 5.66. The van der Waals surface area contributed by atoms with Crippen molar-refractivity contribution in [3.8, 4) is 0 Å². The molecular formula is C18H33N2O2+. The van der Waals surface area contributed by atoms with Gasteiger partial charge in [-0.2, -0.15) is 0 Å². The lowest BCUT2D eigenvalue weighted by atomic mass is 10.1. The van der Waals surface area contributed by atoms with Gasteiger partial charge in [-0.15, -0.1) is 0 Å². The number of carboxylic acids is 1. The van der Waals surface area contributed by atoms with Crippen LogP contribution in [0.3, 0.4) is 0 Å². The minimum absolute atomic E-state index is 0.251. The number of carbonyl (C=O) groups is 1. The highest BCUT2D eigenvalue weighted by Crippen LogP contribution is 2.10. The second-order valence-corrected chi connectivity index (χ2v) is 6.06. The van der Waals surface area contributed by atoms with Crippen molar-refractivity contribution in [2.45, 2.75) is 91.1 Å². The third-order valence-corrected chi connectivity index (χ3v) is 4.22.